The highest BCUT2D eigenvalue weighted by atomic mass is 35.5. The molecule has 0 fully saturated rings. The summed E-state index contributed by atoms with van der Waals surface area (Å²) < 4.78 is 11.6. The van der Waals surface area contributed by atoms with Gasteiger partial charge in [-0.2, -0.15) is 0 Å². The number of benzene rings is 2. The summed E-state index contributed by atoms with van der Waals surface area (Å²) in [6, 6.07) is 10.2. The molecule has 0 aliphatic carbocycles. The highest BCUT2D eigenvalue weighted by Gasteiger charge is 2.42. The fourth-order valence-electron chi connectivity index (χ4n) is 3.93. The number of ether oxygens (including phenoxy) is 1. The summed E-state index contributed by atoms with van der Waals surface area (Å²) in [6.45, 7) is 6.98. The predicted octanol–water partition coefficient (Wildman–Crippen LogP) is 4.43. The van der Waals surface area contributed by atoms with E-state index in [4.69, 9.17) is 20.8 Å². The minimum absolute atomic E-state index is 0.0972. The van der Waals surface area contributed by atoms with Crippen LogP contribution in [0.1, 0.15) is 33.3 Å². The van der Waals surface area contributed by atoms with E-state index >= 15 is 0 Å². The molecule has 0 radical (unpaired) electrons. The Morgan fingerprint density at radius 2 is 1.94 bits per heavy atom. The van der Waals surface area contributed by atoms with Gasteiger partial charge in [0.1, 0.15) is 17.9 Å². The van der Waals surface area contributed by atoms with Crippen molar-refractivity contribution in [1.82, 2.24) is 9.80 Å². The van der Waals surface area contributed by atoms with Gasteiger partial charge in [-0.3, -0.25) is 9.59 Å². The number of amides is 1. The zero-order chi connectivity index (χ0) is 23.0. The van der Waals surface area contributed by atoms with Crippen LogP contribution in [0.4, 0.5) is 0 Å². The molecule has 0 bridgehead atoms. The summed E-state index contributed by atoms with van der Waals surface area (Å²) in [6.07, 6.45) is 1.67. The molecule has 1 amide bonds. The molecule has 0 saturated carbocycles. The Kier molecular flexibility index (Phi) is 6.09. The van der Waals surface area contributed by atoms with Gasteiger partial charge in [-0.15, -0.1) is 0 Å². The monoisotopic (exact) mass is 452 g/mol. The minimum atomic E-state index is -0.549. The quantitative estimate of drug-likeness (QED) is 0.496. The number of rotatable bonds is 7. The molecule has 1 atom stereocenters. The van der Waals surface area contributed by atoms with Crippen LogP contribution in [0.25, 0.3) is 11.0 Å². The zero-order valence-corrected chi connectivity index (χ0v) is 19.1. The summed E-state index contributed by atoms with van der Waals surface area (Å²) in [4.78, 5) is 30.6. The van der Waals surface area contributed by atoms with Gasteiger partial charge in [0.25, 0.3) is 5.91 Å². The molecule has 6 nitrogen and oxygen atoms in total. The van der Waals surface area contributed by atoms with Crippen LogP contribution in [-0.4, -0.2) is 49.5 Å². The number of carbonyl (C=O) groups is 1. The lowest BCUT2D eigenvalue weighted by Crippen LogP contribution is -2.35. The molecule has 0 saturated heterocycles. The van der Waals surface area contributed by atoms with Crippen LogP contribution in [-0.2, 0) is 0 Å². The van der Waals surface area contributed by atoms with Gasteiger partial charge in [0, 0.05) is 18.1 Å². The SMILES string of the molecule is C=CCOc1ccc(C2c3c(oc4cc(C)c(Cl)cc4c3=O)C(=O)N2CCN(C)C)cc1. The van der Waals surface area contributed by atoms with Crippen molar-refractivity contribution < 1.29 is 13.9 Å². The Morgan fingerprint density at radius 3 is 2.59 bits per heavy atom. The molecular weight excluding hydrogens is 428 g/mol. The maximum absolute atomic E-state index is 13.6. The Morgan fingerprint density at radius 1 is 1.22 bits per heavy atom. The number of nitrogens with zero attached hydrogens (tertiary/aromatic N) is 2. The van der Waals surface area contributed by atoms with Crippen LogP contribution in [0.5, 0.6) is 5.75 Å². The second kappa shape index (κ2) is 8.81. The van der Waals surface area contributed by atoms with Gasteiger partial charge in [0.05, 0.1) is 17.0 Å². The van der Waals surface area contributed by atoms with Gasteiger partial charge in [-0.05, 0) is 56.4 Å². The fourth-order valence-corrected chi connectivity index (χ4v) is 4.09. The van der Waals surface area contributed by atoms with Crippen molar-refractivity contribution in [3.8, 4) is 5.75 Å². The van der Waals surface area contributed by atoms with Gasteiger partial charge in [-0.25, -0.2) is 0 Å². The van der Waals surface area contributed by atoms with Crippen LogP contribution in [0.2, 0.25) is 5.02 Å². The summed E-state index contributed by atoms with van der Waals surface area (Å²) in [5.41, 5.74) is 2.07. The van der Waals surface area contributed by atoms with Crippen molar-refractivity contribution in [2.24, 2.45) is 0 Å². The van der Waals surface area contributed by atoms with Crippen LogP contribution >= 0.6 is 11.6 Å². The molecule has 1 aliphatic heterocycles. The first-order chi connectivity index (χ1) is 15.3. The van der Waals surface area contributed by atoms with E-state index in [2.05, 4.69) is 6.58 Å². The van der Waals surface area contributed by atoms with Crippen LogP contribution < -0.4 is 10.2 Å². The van der Waals surface area contributed by atoms with E-state index < -0.39 is 6.04 Å². The molecule has 2 aromatic carbocycles. The lowest BCUT2D eigenvalue weighted by atomic mass is 9.98. The van der Waals surface area contributed by atoms with Crippen molar-refractivity contribution in [3.05, 3.63) is 86.7 Å². The van der Waals surface area contributed by atoms with Gasteiger partial charge in [-0.1, -0.05) is 36.4 Å². The van der Waals surface area contributed by atoms with E-state index in [1.807, 2.05) is 50.2 Å². The van der Waals surface area contributed by atoms with Gasteiger partial charge in [0.15, 0.2) is 5.43 Å². The highest BCUT2D eigenvalue weighted by Crippen LogP contribution is 2.39. The van der Waals surface area contributed by atoms with Crippen molar-refractivity contribution in [2.45, 2.75) is 13.0 Å². The second-order valence-electron chi connectivity index (χ2n) is 8.14. The first-order valence-corrected chi connectivity index (χ1v) is 10.8. The van der Waals surface area contributed by atoms with Gasteiger partial charge >= 0.3 is 0 Å². The number of halogens is 1. The number of likely N-dealkylation sites (N-methyl/N-ethyl adjacent to an activating group) is 1. The van der Waals surface area contributed by atoms with Gasteiger partial charge < -0.3 is 19.0 Å². The topological polar surface area (TPSA) is 63.0 Å². The number of hydrogen-bond donors (Lipinski definition) is 0. The first kappa shape index (κ1) is 22.1. The Balaban J connectivity index is 1.87. The molecule has 0 N–H and O–H groups in total. The highest BCUT2D eigenvalue weighted by molar-refractivity contribution is 6.32. The second-order valence-corrected chi connectivity index (χ2v) is 8.55. The molecule has 1 unspecified atom stereocenters. The smallest absolute Gasteiger partial charge is 0.290 e. The van der Waals surface area contributed by atoms with E-state index in [1.165, 1.54) is 0 Å². The van der Waals surface area contributed by atoms with Crippen LogP contribution in [0.3, 0.4) is 0 Å². The van der Waals surface area contributed by atoms with Crippen molar-refractivity contribution in [3.63, 3.8) is 0 Å². The van der Waals surface area contributed by atoms with E-state index in [-0.39, 0.29) is 17.1 Å². The standard InChI is InChI=1S/C25H25ClN2O4/c1-5-12-31-17-8-6-16(7-9-17)22-21-23(29)18-14-19(26)15(2)13-20(18)32-24(21)25(30)28(22)11-10-27(3)4/h5-9,13-14,22H,1,10-12H2,2-4H3. The zero-order valence-electron chi connectivity index (χ0n) is 18.4. The fraction of sp³-hybridized carbons (Fsp3) is 0.280. The molecule has 1 aliphatic rings. The number of fused-ring (bicyclic) bond motifs is 2. The van der Waals surface area contributed by atoms with Crippen molar-refractivity contribution in [1.29, 1.82) is 0 Å². The Hall–Kier alpha value is -3.09. The summed E-state index contributed by atoms with van der Waals surface area (Å²) in [7, 11) is 3.88. The third-order valence-corrected chi connectivity index (χ3v) is 6.01. The molecule has 0 spiro atoms. The summed E-state index contributed by atoms with van der Waals surface area (Å²) >= 11 is 6.28. The maximum atomic E-state index is 13.6. The molecule has 4 rings (SSSR count). The average Bonchev–Trinajstić information content (AvgIpc) is 3.04. The molecule has 3 aromatic rings. The normalized spacial score (nSPS) is 15.5. The first-order valence-electron chi connectivity index (χ1n) is 10.4. The van der Waals surface area contributed by atoms with E-state index in [1.54, 1.807) is 23.1 Å². The lowest BCUT2D eigenvalue weighted by Gasteiger charge is -2.26. The maximum Gasteiger partial charge on any atom is 0.290 e. The predicted molar refractivity (Wildman–Crippen MR) is 126 cm³/mol. The third kappa shape index (κ3) is 3.92. The van der Waals surface area contributed by atoms with Gasteiger partial charge in [0.2, 0.25) is 5.76 Å². The molecule has 7 heteroatoms. The van der Waals surface area contributed by atoms with Crippen LogP contribution in [0, 0.1) is 6.92 Å². The average molecular weight is 453 g/mol. The molecule has 166 valence electrons. The number of hydrogen-bond acceptors (Lipinski definition) is 5. The Bertz CT molecular complexity index is 1250. The van der Waals surface area contributed by atoms with E-state index in [0.29, 0.717) is 47.0 Å². The third-order valence-electron chi connectivity index (χ3n) is 5.60. The molecule has 1 aromatic heterocycles. The largest absolute Gasteiger partial charge is 0.490 e. The van der Waals surface area contributed by atoms with E-state index in [0.717, 1.165) is 11.1 Å². The lowest BCUT2D eigenvalue weighted by molar-refractivity contribution is 0.0716. The van der Waals surface area contributed by atoms with Crippen molar-refractivity contribution >= 4 is 28.5 Å². The van der Waals surface area contributed by atoms with E-state index in [9.17, 15) is 9.59 Å². The summed E-state index contributed by atoms with van der Waals surface area (Å²) in [5, 5.41) is 0.858. The number of carbonyl (C=O) groups excluding carboxylic acids is 1. The molecule has 32 heavy (non-hydrogen) atoms. The minimum Gasteiger partial charge on any atom is -0.490 e. The summed E-state index contributed by atoms with van der Waals surface area (Å²) in [5.74, 6) is 0.497. The molecule has 2 heterocycles. The molecular formula is C25H25ClN2O4. The number of aryl methyl sites for hydroxylation is 1. The van der Waals surface area contributed by atoms with Crippen LogP contribution in [0.15, 0.2) is 58.3 Å². The Labute approximate surface area is 191 Å². The van der Waals surface area contributed by atoms with Crippen molar-refractivity contribution in [2.75, 3.05) is 33.8 Å².